The normalized spacial score (nSPS) is 15.3. The van der Waals surface area contributed by atoms with Crippen molar-refractivity contribution in [3.05, 3.63) is 241 Å². The van der Waals surface area contributed by atoms with Crippen molar-refractivity contribution in [3.63, 3.8) is 0 Å². The second-order valence-corrected chi connectivity index (χ2v) is 17.3. The first-order valence-electron chi connectivity index (χ1n) is 22.3. The van der Waals surface area contributed by atoms with Gasteiger partial charge >= 0.3 is 0 Å². The molecule has 0 amide bonds. The maximum absolute atomic E-state index is 5.36. The molecule has 11 rings (SSSR count). The molecule has 2 nitrogen and oxygen atoms in total. The highest BCUT2D eigenvalue weighted by molar-refractivity contribution is 6.09. The quantitative estimate of drug-likeness (QED) is 0.142. The van der Waals surface area contributed by atoms with Crippen LogP contribution in [-0.4, -0.2) is 9.55 Å². The number of hydrogen-bond acceptors (Lipinski definition) is 1. The molecule has 0 aliphatic heterocycles. The van der Waals surface area contributed by atoms with Crippen molar-refractivity contribution in [1.82, 2.24) is 9.55 Å². The number of pyridine rings is 1. The van der Waals surface area contributed by atoms with Crippen LogP contribution in [0.1, 0.15) is 29.5 Å². The molecule has 2 heteroatoms. The van der Waals surface area contributed by atoms with E-state index in [0.717, 1.165) is 39.8 Å². The van der Waals surface area contributed by atoms with Gasteiger partial charge in [-0.05, 0) is 124 Å². The van der Waals surface area contributed by atoms with E-state index in [2.05, 4.69) is 243 Å². The standard InChI is InChI=1S/C61H48N2/c1-41-17-6-7-26-51(41)53-28-9-8-27-52(53)42(2)35-43-18-14-21-45(36-43)46-22-15-24-49(37-46)59-40-56(44-19-4-3-5-20-44)57-39-48(33-34-58(57)62-59)47-23-16-25-50(38-47)63-60-31-12-10-29-54(60)55-30-11-13-32-61(55)63/h3-34,36-40,42,52-53H,35H2,1-2H3/t42-,52+,53?/m0/s1. The van der Waals surface area contributed by atoms with E-state index in [1.807, 2.05) is 0 Å². The lowest BCUT2D eigenvalue weighted by atomic mass is 9.73. The highest BCUT2D eigenvalue weighted by Gasteiger charge is 2.27. The first-order valence-corrected chi connectivity index (χ1v) is 22.3. The van der Waals surface area contributed by atoms with Crippen LogP contribution in [0.2, 0.25) is 0 Å². The summed E-state index contributed by atoms with van der Waals surface area (Å²) in [5.74, 6) is 1.30. The summed E-state index contributed by atoms with van der Waals surface area (Å²) in [6, 6.07) is 73.0. The molecule has 63 heavy (non-hydrogen) atoms. The van der Waals surface area contributed by atoms with Crippen molar-refractivity contribution >= 4 is 32.7 Å². The van der Waals surface area contributed by atoms with Crippen LogP contribution in [0.25, 0.3) is 83.0 Å². The average molecular weight is 809 g/mol. The minimum Gasteiger partial charge on any atom is -0.309 e. The molecular formula is C61H48N2. The zero-order valence-corrected chi connectivity index (χ0v) is 35.7. The summed E-state index contributed by atoms with van der Waals surface area (Å²) in [5, 5.41) is 3.66. The van der Waals surface area contributed by atoms with Crippen molar-refractivity contribution in [1.29, 1.82) is 0 Å². The van der Waals surface area contributed by atoms with Gasteiger partial charge in [-0.15, -0.1) is 0 Å². The monoisotopic (exact) mass is 808 g/mol. The lowest BCUT2D eigenvalue weighted by molar-refractivity contribution is 0.391. The van der Waals surface area contributed by atoms with Crippen LogP contribution >= 0.6 is 0 Å². The predicted octanol–water partition coefficient (Wildman–Crippen LogP) is 16.0. The summed E-state index contributed by atoms with van der Waals surface area (Å²) in [5.41, 5.74) is 17.9. The van der Waals surface area contributed by atoms with Crippen LogP contribution in [0.5, 0.6) is 0 Å². The minimum atomic E-state index is 0.386. The molecule has 0 saturated carbocycles. The second kappa shape index (κ2) is 16.4. The van der Waals surface area contributed by atoms with E-state index in [9.17, 15) is 0 Å². The Balaban J connectivity index is 0.926. The largest absolute Gasteiger partial charge is 0.309 e. The van der Waals surface area contributed by atoms with E-state index in [0.29, 0.717) is 17.8 Å². The van der Waals surface area contributed by atoms with Gasteiger partial charge in [-0.2, -0.15) is 0 Å². The number of nitrogens with zero attached hydrogens (tertiary/aromatic N) is 2. The summed E-state index contributed by atoms with van der Waals surface area (Å²) in [6.07, 6.45) is 10.3. The molecule has 10 aromatic rings. The molecule has 3 atom stereocenters. The van der Waals surface area contributed by atoms with Crippen molar-refractivity contribution < 1.29 is 0 Å². The Morgan fingerprint density at radius 1 is 0.492 bits per heavy atom. The number of aromatic nitrogens is 2. The van der Waals surface area contributed by atoms with Crippen molar-refractivity contribution in [2.24, 2.45) is 11.8 Å². The van der Waals surface area contributed by atoms with Crippen LogP contribution in [-0.2, 0) is 6.42 Å². The summed E-state index contributed by atoms with van der Waals surface area (Å²) in [7, 11) is 0. The summed E-state index contributed by atoms with van der Waals surface area (Å²) in [4.78, 5) is 5.36. The van der Waals surface area contributed by atoms with Crippen LogP contribution in [0.4, 0.5) is 0 Å². The molecule has 2 heterocycles. The molecule has 0 radical (unpaired) electrons. The topological polar surface area (TPSA) is 17.8 Å². The van der Waals surface area contributed by atoms with Crippen molar-refractivity contribution in [3.8, 4) is 50.3 Å². The SMILES string of the molecule is Cc1ccccc1C1C=CC=C[C@@H]1[C@@H](C)Cc1cccc(-c2cccc(-c3cc(-c4ccccc4)c4cc(-c5cccc(-n6c7ccccc7c7ccccc76)c5)ccc4n3)c2)c1. The molecule has 0 bridgehead atoms. The third-order valence-corrected chi connectivity index (χ3v) is 13.3. The highest BCUT2D eigenvalue weighted by Crippen LogP contribution is 2.40. The predicted molar refractivity (Wildman–Crippen MR) is 266 cm³/mol. The summed E-state index contributed by atoms with van der Waals surface area (Å²) in [6.45, 7) is 4.65. The van der Waals surface area contributed by atoms with Gasteiger partial charge in [-0.1, -0.05) is 183 Å². The second-order valence-electron chi connectivity index (χ2n) is 17.3. The first kappa shape index (κ1) is 38.4. The molecule has 302 valence electrons. The number of allylic oxidation sites excluding steroid dienone is 4. The third kappa shape index (κ3) is 7.28. The fraction of sp³-hybridized carbons (Fsp3) is 0.0984. The number of para-hydroxylation sites is 2. The summed E-state index contributed by atoms with van der Waals surface area (Å²) < 4.78 is 2.39. The molecule has 1 unspecified atom stereocenters. The Labute approximate surface area is 370 Å². The molecular weight excluding hydrogens is 761 g/mol. The van der Waals surface area contributed by atoms with Crippen molar-refractivity contribution in [2.75, 3.05) is 0 Å². The van der Waals surface area contributed by atoms with E-state index in [1.165, 1.54) is 66.3 Å². The molecule has 0 spiro atoms. The van der Waals surface area contributed by atoms with E-state index in [1.54, 1.807) is 0 Å². The lowest BCUT2D eigenvalue weighted by Crippen LogP contribution is -2.21. The fourth-order valence-corrected chi connectivity index (χ4v) is 10.1. The van der Waals surface area contributed by atoms with Gasteiger partial charge in [0.2, 0.25) is 0 Å². The Hall–Kier alpha value is -7.55. The Bertz CT molecular complexity index is 3310. The Kier molecular flexibility index (Phi) is 9.98. The maximum Gasteiger partial charge on any atom is 0.0716 e. The average Bonchev–Trinajstić information content (AvgIpc) is 3.68. The number of fused-ring (bicyclic) bond motifs is 4. The van der Waals surface area contributed by atoms with Crippen LogP contribution in [0, 0.1) is 18.8 Å². The zero-order valence-electron chi connectivity index (χ0n) is 35.7. The molecule has 8 aromatic carbocycles. The van der Waals surface area contributed by atoms with Gasteiger partial charge in [-0.25, -0.2) is 4.98 Å². The van der Waals surface area contributed by atoms with Crippen LogP contribution in [0.3, 0.4) is 0 Å². The van der Waals surface area contributed by atoms with Crippen molar-refractivity contribution in [2.45, 2.75) is 26.2 Å². The van der Waals surface area contributed by atoms with Gasteiger partial charge in [-0.3, -0.25) is 0 Å². The molecule has 0 fully saturated rings. The van der Waals surface area contributed by atoms with E-state index < -0.39 is 0 Å². The smallest absolute Gasteiger partial charge is 0.0716 e. The minimum absolute atomic E-state index is 0.386. The molecule has 2 aromatic heterocycles. The maximum atomic E-state index is 5.36. The number of aryl methyl sites for hydroxylation is 1. The molecule has 1 aliphatic rings. The van der Waals surface area contributed by atoms with E-state index >= 15 is 0 Å². The van der Waals surface area contributed by atoms with Gasteiger partial charge in [0.15, 0.2) is 0 Å². The molecule has 0 saturated heterocycles. The Morgan fingerprint density at radius 3 is 1.90 bits per heavy atom. The molecule has 0 N–H and O–H groups in total. The first-order chi connectivity index (χ1) is 31.1. The van der Waals surface area contributed by atoms with Crippen LogP contribution in [0.15, 0.2) is 224 Å². The zero-order chi connectivity index (χ0) is 42.3. The lowest BCUT2D eigenvalue weighted by Gasteiger charge is -2.31. The molecule has 1 aliphatic carbocycles. The summed E-state index contributed by atoms with van der Waals surface area (Å²) >= 11 is 0. The van der Waals surface area contributed by atoms with Gasteiger partial charge in [0.05, 0.1) is 22.2 Å². The van der Waals surface area contributed by atoms with Gasteiger partial charge in [0.25, 0.3) is 0 Å². The van der Waals surface area contributed by atoms with Gasteiger partial charge in [0, 0.05) is 33.3 Å². The number of hydrogen-bond donors (Lipinski definition) is 0. The van der Waals surface area contributed by atoms with Gasteiger partial charge in [0.1, 0.15) is 0 Å². The number of rotatable bonds is 9. The number of benzene rings is 8. The Morgan fingerprint density at radius 2 is 1.11 bits per heavy atom. The van der Waals surface area contributed by atoms with E-state index in [4.69, 9.17) is 4.98 Å². The van der Waals surface area contributed by atoms with E-state index in [-0.39, 0.29) is 0 Å². The van der Waals surface area contributed by atoms with Crippen LogP contribution < -0.4 is 0 Å². The highest BCUT2D eigenvalue weighted by atomic mass is 15.0. The fourth-order valence-electron chi connectivity index (χ4n) is 10.1. The third-order valence-electron chi connectivity index (χ3n) is 13.3. The van der Waals surface area contributed by atoms with Gasteiger partial charge < -0.3 is 4.57 Å².